The van der Waals surface area contributed by atoms with Gasteiger partial charge in [-0.05, 0) is 29.8 Å². The molecule has 1 N–H and O–H groups in total. The van der Waals surface area contributed by atoms with E-state index in [0.29, 0.717) is 11.4 Å². The lowest BCUT2D eigenvalue weighted by molar-refractivity contribution is -0.116. The van der Waals surface area contributed by atoms with Crippen LogP contribution in [-0.4, -0.2) is 15.7 Å². The first kappa shape index (κ1) is 14.0. The van der Waals surface area contributed by atoms with E-state index in [0.717, 1.165) is 22.6 Å². The Bertz CT molecular complexity index is 856. The van der Waals surface area contributed by atoms with E-state index in [-0.39, 0.29) is 11.8 Å². The highest BCUT2D eigenvalue weighted by Crippen LogP contribution is 2.38. The fourth-order valence-electron chi connectivity index (χ4n) is 2.98. The van der Waals surface area contributed by atoms with Crippen LogP contribution in [-0.2, 0) is 4.79 Å². The third kappa shape index (κ3) is 2.51. The van der Waals surface area contributed by atoms with E-state index in [1.807, 2.05) is 60.8 Å². The van der Waals surface area contributed by atoms with E-state index in [1.54, 1.807) is 4.68 Å². The van der Waals surface area contributed by atoms with Crippen molar-refractivity contribution in [3.63, 3.8) is 0 Å². The fourth-order valence-corrected chi connectivity index (χ4v) is 3.10. The Morgan fingerprint density at radius 2 is 1.83 bits per heavy atom. The van der Waals surface area contributed by atoms with Gasteiger partial charge >= 0.3 is 0 Å². The molecule has 0 spiro atoms. The number of rotatable bonds is 2. The molecule has 0 bridgehead atoms. The van der Waals surface area contributed by atoms with E-state index < -0.39 is 0 Å². The van der Waals surface area contributed by atoms with Crippen LogP contribution in [0.5, 0.6) is 0 Å². The predicted octanol–water partition coefficient (Wildman–Crippen LogP) is 4.00. The number of amides is 1. The van der Waals surface area contributed by atoms with Crippen LogP contribution in [0.2, 0.25) is 5.02 Å². The van der Waals surface area contributed by atoms with Crippen molar-refractivity contribution in [1.82, 2.24) is 9.78 Å². The normalized spacial score (nSPS) is 16.7. The van der Waals surface area contributed by atoms with Gasteiger partial charge in [0.05, 0.1) is 11.9 Å². The summed E-state index contributed by atoms with van der Waals surface area (Å²) in [4.78, 5) is 12.2. The molecule has 1 atom stereocenters. The molecule has 1 aromatic heterocycles. The Kier molecular flexibility index (Phi) is 3.39. The number of anilines is 1. The highest BCUT2D eigenvalue weighted by Gasteiger charge is 2.30. The van der Waals surface area contributed by atoms with Gasteiger partial charge in [-0.1, -0.05) is 41.9 Å². The monoisotopic (exact) mass is 323 g/mol. The zero-order valence-corrected chi connectivity index (χ0v) is 13.0. The molecule has 5 heteroatoms. The summed E-state index contributed by atoms with van der Waals surface area (Å²) >= 11 is 5.97. The summed E-state index contributed by atoms with van der Waals surface area (Å²) < 4.78 is 1.77. The van der Waals surface area contributed by atoms with Crippen LogP contribution in [0.3, 0.4) is 0 Å². The summed E-state index contributed by atoms with van der Waals surface area (Å²) in [6.45, 7) is 0. The van der Waals surface area contributed by atoms with Crippen molar-refractivity contribution in [2.75, 3.05) is 5.32 Å². The molecule has 0 saturated carbocycles. The van der Waals surface area contributed by atoms with Crippen molar-refractivity contribution >= 4 is 23.3 Å². The molecular weight excluding hydrogens is 310 g/mol. The molecule has 0 saturated heterocycles. The number of halogens is 1. The number of carbonyl (C=O) groups is 1. The Hall–Kier alpha value is -2.59. The molecule has 114 valence electrons. The maximum atomic E-state index is 12.2. The van der Waals surface area contributed by atoms with Gasteiger partial charge in [-0.3, -0.25) is 4.79 Å². The summed E-state index contributed by atoms with van der Waals surface area (Å²) in [5.41, 5.74) is 3.01. The van der Waals surface area contributed by atoms with E-state index in [2.05, 4.69) is 10.4 Å². The van der Waals surface area contributed by atoms with E-state index in [9.17, 15) is 4.79 Å². The van der Waals surface area contributed by atoms with Crippen LogP contribution in [0.1, 0.15) is 23.5 Å². The first-order chi connectivity index (χ1) is 11.2. The van der Waals surface area contributed by atoms with Crippen LogP contribution in [0.25, 0.3) is 5.69 Å². The number of nitrogens with zero attached hydrogens (tertiary/aromatic N) is 2. The highest BCUT2D eigenvalue weighted by molar-refractivity contribution is 6.30. The number of benzene rings is 2. The molecule has 0 radical (unpaired) electrons. The predicted molar refractivity (Wildman–Crippen MR) is 90.1 cm³/mol. The number of hydrogen-bond donors (Lipinski definition) is 1. The summed E-state index contributed by atoms with van der Waals surface area (Å²) in [5, 5.41) is 8.11. The number of nitrogens with one attached hydrogen (secondary N) is 1. The molecule has 1 aliphatic heterocycles. The molecule has 0 aliphatic carbocycles. The highest BCUT2D eigenvalue weighted by atomic mass is 35.5. The lowest BCUT2D eigenvalue weighted by atomic mass is 9.87. The second-order valence-electron chi connectivity index (χ2n) is 5.55. The van der Waals surface area contributed by atoms with Gasteiger partial charge in [0.15, 0.2) is 0 Å². The molecule has 23 heavy (non-hydrogen) atoms. The van der Waals surface area contributed by atoms with Gasteiger partial charge in [0.25, 0.3) is 0 Å². The molecule has 4 rings (SSSR count). The minimum Gasteiger partial charge on any atom is -0.310 e. The third-order valence-corrected chi connectivity index (χ3v) is 4.35. The molecular formula is C18H14ClN3O. The maximum absolute atomic E-state index is 12.2. The first-order valence-corrected chi connectivity index (χ1v) is 7.79. The average molecular weight is 324 g/mol. The number of hydrogen-bond acceptors (Lipinski definition) is 2. The van der Waals surface area contributed by atoms with Crippen LogP contribution < -0.4 is 5.32 Å². The second kappa shape index (κ2) is 5.56. The molecule has 0 fully saturated rings. The smallest absolute Gasteiger partial charge is 0.226 e. The molecule has 2 aromatic carbocycles. The summed E-state index contributed by atoms with van der Waals surface area (Å²) in [6, 6.07) is 17.4. The van der Waals surface area contributed by atoms with Crippen LogP contribution >= 0.6 is 11.6 Å². The van der Waals surface area contributed by atoms with Gasteiger partial charge in [-0.15, -0.1) is 0 Å². The molecule has 1 aliphatic rings. The van der Waals surface area contributed by atoms with Crippen molar-refractivity contribution in [2.45, 2.75) is 12.3 Å². The molecule has 1 amide bonds. The minimum atomic E-state index is -0.00604. The average Bonchev–Trinajstić information content (AvgIpc) is 2.99. The number of aromatic nitrogens is 2. The zero-order chi connectivity index (χ0) is 15.8. The maximum Gasteiger partial charge on any atom is 0.226 e. The van der Waals surface area contributed by atoms with E-state index in [4.69, 9.17) is 11.6 Å². The number of carbonyl (C=O) groups excluding carboxylic acids is 1. The first-order valence-electron chi connectivity index (χ1n) is 7.41. The van der Waals surface area contributed by atoms with Gasteiger partial charge < -0.3 is 5.32 Å². The van der Waals surface area contributed by atoms with Gasteiger partial charge in [0.1, 0.15) is 5.82 Å². The number of para-hydroxylation sites is 1. The standard InChI is InChI=1S/C18H14ClN3O/c19-13-8-6-12(7-9-13)15-10-17(23)21-18-16(15)11-20-22(18)14-4-2-1-3-5-14/h1-9,11,15H,10H2,(H,21,23). The van der Waals surface area contributed by atoms with Crippen molar-refractivity contribution in [1.29, 1.82) is 0 Å². The quantitative estimate of drug-likeness (QED) is 0.775. The summed E-state index contributed by atoms with van der Waals surface area (Å²) in [7, 11) is 0. The van der Waals surface area contributed by atoms with Crippen LogP contribution in [0.15, 0.2) is 60.8 Å². The van der Waals surface area contributed by atoms with E-state index >= 15 is 0 Å². The van der Waals surface area contributed by atoms with E-state index in [1.165, 1.54) is 0 Å². The summed E-state index contributed by atoms with van der Waals surface area (Å²) in [6.07, 6.45) is 2.25. The molecule has 2 heterocycles. The zero-order valence-electron chi connectivity index (χ0n) is 12.2. The van der Waals surface area contributed by atoms with Gasteiger partial charge in [0, 0.05) is 22.9 Å². The fraction of sp³-hybridized carbons (Fsp3) is 0.111. The van der Waals surface area contributed by atoms with Gasteiger partial charge in [0.2, 0.25) is 5.91 Å². The van der Waals surface area contributed by atoms with Crippen molar-refractivity contribution in [3.8, 4) is 5.69 Å². The van der Waals surface area contributed by atoms with Crippen LogP contribution in [0, 0.1) is 0 Å². The SMILES string of the molecule is O=C1CC(c2ccc(Cl)cc2)c2cnn(-c3ccccc3)c2N1. The van der Waals surface area contributed by atoms with Gasteiger partial charge in [-0.25, -0.2) is 4.68 Å². The van der Waals surface area contributed by atoms with Crippen LogP contribution in [0.4, 0.5) is 5.82 Å². The largest absolute Gasteiger partial charge is 0.310 e. The summed E-state index contributed by atoms with van der Waals surface area (Å²) in [5.74, 6) is 0.732. The number of fused-ring (bicyclic) bond motifs is 1. The lowest BCUT2D eigenvalue weighted by Crippen LogP contribution is -2.24. The third-order valence-electron chi connectivity index (χ3n) is 4.09. The van der Waals surface area contributed by atoms with Crippen molar-refractivity contribution in [3.05, 3.63) is 76.9 Å². The lowest BCUT2D eigenvalue weighted by Gasteiger charge is -2.23. The van der Waals surface area contributed by atoms with Gasteiger partial charge in [-0.2, -0.15) is 5.10 Å². The molecule has 4 nitrogen and oxygen atoms in total. The molecule has 3 aromatic rings. The second-order valence-corrected chi connectivity index (χ2v) is 5.99. The Labute approximate surface area is 138 Å². The Balaban J connectivity index is 1.81. The topological polar surface area (TPSA) is 46.9 Å². The van der Waals surface area contributed by atoms with Crippen molar-refractivity contribution in [2.24, 2.45) is 0 Å². The minimum absolute atomic E-state index is 0.00451. The molecule has 1 unspecified atom stereocenters. The Morgan fingerprint density at radius 3 is 2.57 bits per heavy atom. The Morgan fingerprint density at radius 1 is 1.09 bits per heavy atom. The van der Waals surface area contributed by atoms with Crippen molar-refractivity contribution < 1.29 is 4.79 Å².